The van der Waals surface area contributed by atoms with Crippen LogP contribution in [0.15, 0.2) is 27.9 Å². The van der Waals surface area contributed by atoms with E-state index in [1.54, 1.807) is 13.0 Å². The lowest BCUT2D eigenvalue weighted by Crippen LogP contribution is -2.50. The number of carbonyl (C=O) groups excluding carboxylic acids is 2. The molecule has 126 valence electrons. The Bertz CT molecular complexity index is 681. The minimum Gasteiger partial charge on any atom is -0.504 e. The average Bonchev–Trinajstić information content (AvgIpc) is 2.98. The van der Waals surface area contributed by atoms with Gasteiger partial charge in [0.1, 0.15) is 19.8 Å². The van der Waals surface area contributed by atoms with Crippen LogP contribution >= 0.6 is 0 Å². The van der Waals surface area contributed by atoms with Crippen molar-refractivity contribution in [2.75, 3.05) is 7.11 Å². The Balaban J connectivity index is 2.60. The summed E-state index contributed by atoms with van der Waals surface area (Å²) in [6.45, 7) is 7.71. The maximum Gasteiger partial charge on any atom is 0.312 e. The molecule has 6 nitrogen and oxygen atoms in total. The summed E-state index contributed by atoms with van der Waals surface area (Å²) in [6.07, 6.45) is 0.0176. The van der Waals surface area contributed by atoms with Crippen LogP contribution in [-0.2, 0) is 19.9 Å². The lowest BCUT2D eigenvalue weighted by Gasteiger charge is -2.35. The number of allylic oxidation sites excluding steroid dienone is 1. The Morgan fingerprint density at radius 2 is 2.00 bits per heavy atom. The van der Waals surface area contributed by atoms with Gasteiger partial charge in [-0.1, -0.05) is 19.6 Å². The van der Waals surface area contributed by atoms with Gasteiger partial charge in [0.25, 0.3) is 0 Å². The van der Waals surface area contributed by atoms with Crippen molar-refractivity contribution >= 4 is 25.2 Å². The van der Waals surface area contributed by atoms with Gasteiger partial charge in [-0.05, 0) is 31.1 Å². The summed E-state index contributed by atoms with van der Waals surface area (Å²) in [5.74, 6) is -3.38. The van der Waals surface area contributed by atoms with Crippen molar-refractivity contribution in [2.24, 2.45) is 5.92 Å². The maximum atomic E-state index is 12.5. The van der Waals surface area contributed by atoms with Crippen LogP contribution in [0.2, 0.25) is 19.6 Å². The predicted octanol–water partition coefficient (Wildman–Crippen LogP) is 1.61. The topological polar surface area (TPSA) is 97.0 Å². The fourth-order valence-corrected chi connectivity index (χ4v) is 3.71. The summed E-state index contributed by atoms with van der Waals surface area (Å²) in [6, 6.07) is 3.21. The fraction of sp³-hybridized carbons (Fsp3) is 0.500. The third-order valence-corrected chi connectivity index (χ3v) is 5.93. The Labute approximate surface area is 135 Å². The molecule has 1 heterocycles. The van der Waals surface area contributed by atoms with Gasteiger partial charge in [0, 0.05) is 0 Å². The summed E-state index contributed by atoms with van der Waals surface area (Å²) in [4.78, 5) is 24.6. The van der Waals surface area contributed by atoms with Crippen LogP contribution in [0.1, 0.15) is 19.1 Å². The molecule has 0 bridgehead atoms. The number of Topliss-reactive ketones (excluding diaryl/α,β-unsaturated/α-hetero) is 1. The van der Waals surface area contributed by atoms with Crippen LogP contribution in [-0.4, -0.2) is 37.1 Å². The van der Waals surface area contributed by atoms with Crippen LogP contribution < -0.4 is 5.38 Å². The molecule has 0 aliphatic heterocycles. The number of hydrogen-bond donors (Lipinski definition) is 2. The molecule has 0 aromatic carbocycles. The lowest BCUT2D eigenvalue weighted by molar-refractivity contribution is -0.168. The zero-order chi connectivity index (χ0) is 17.6. The highest BCUT2D eigenvalue weighted by atomic mass is 28.3. The zero-order valence-corrected chi connectivity index (χ0v) is 15.0. The lowest BCUT2D eigenvalue weighted by atomic mass is 9.73. The van der Waals surface area contributed by atoms with Crippen molar-refractivity contribution in [2.45, 2.75) is 38.6 Å². The van der Waals surface area contributed by atoms with E-state index in [0.29, 0.717) is 11.0 Å². The van der Waals surface area contributed by atoms with Gasteiger partial charge in [-0.25, -0.2) is 0 Å². The first-order valence-electron chi connectivity index (χ1n) is 7.38. The average molecular weight is 338 g/mol. The molecule has 1 aliphatic rings. The molecule has 0 amide bonds. The van der Waals surface area contributed by atoms with Crippen LogP contribution in [0, 0.1) is 5.92 Å². The van der Waals surface area contributed by atoms with Crippen molar-refractivity contribution < 1.29 is 29.0 Å². The summed E-state index contributed by atoms with van der Waals surface area (Å²) in [7, 11) is -0.608. The second-order valence-corrected chi connectivity index (χ2v) is 11.9. The fourth-order valence-electron chi connectivity index (χ4n) is 2.71. The molecule has 2 rings (SSSR count). The molecule has 7 heteroatoms. The maximum absolute atomic E-state index is 12.5. The number of carbonyl (C=O) groups is 2. The monoisotopic (exact) mass is 338 g/mol. The molecule has 0 saturated heterocycles. The van der Waals surface area contributed by atoms with E-state index in [0.717, 1.165) is 0 Å². The smallest absolute Gasteiger partial charge is 0.312 e. The number of aliphatic hydroxyl groups is 2. The molecule has 23 heavy (non-hydrogen) atoms. The third kappa shape index (κ3) is 2.74. The predicted molar refractivity (Wildman–Crippen MR) is 86.0 cm³/mol. The molecule has 1 aliphatic carbocycles. The van der Waals surface area contributed by atoms with E-state index in [2.05, 4.69) is 19.6 Å². The van der Waals surface area contributed by atoms with Crippen molar-refractivity contribution in [3.63, 3.8) is 0 Å². The summed E-state index contributed by atoms with van der Waals surface area (Å²) in [5, 5.41) is 21.7. The number of furan rings is 1. The Morgan fingerprint density at radius 1 is 1.39 bits per heavy atom. The summed E-state index contributed by atoms with van der Waals surface area (Å²) < 4.78 is 10.4. The van der Waals surface area contributed by atoms with E-state index in [4.69, 9.17) is 9.15 Å². The number of esters is 1. The SMILES string of the molecule is COC(=O)[C@@H]1CC(C)=C(O)C(=O)[C@@]1(O)c1ccc([Si](C)(C)C)o1. The van der Waals surface area contributed by atoms with Gasteiger partial charge in [0.05, 0.1) is 12.5 Å². The van der Waals surface area contributed by atoms with Gasteiger partial charge in [0.2, 0.25) is 11.4 Å². The Hall–Kier alpha value is -1.86. The standard InChI is InChI=1S/C16H22O6Si/c1-9-8-10(15(19)21-2)16(20,14(18)13(9)17)11-6-7-12(22-11)23(3,4)5/h6-7,10,17,20H,8H2,1-5H3/t10-,16-/m0/s1. The first-order valence-corrected chi connectivity index (χ1v) is 10.9. The molecule has 2 N–H and O–H groups in total. The summed E-state index contributed by atoms with van der Waals surface area (Å²) >= 11 is 0. The van der Waals surface area contributed by atoms with Crippen LogP contribution in [0.5, 0.6) is 0 Å². The number of ether oxygens (including phenoxy) is 1. The van der Waals surface area contributed by atoms with E-state index in [9.17, 15) is 19.8 Å². The van der Waals surface area contributed by atoms with Gasteiger partial charge >= 0.3 is 5.97 Å². The van der Waals surface area contributed by atoms with E-state index in [-0.39, 0.29) is 12.2 Å². The molecule has 0 saturated carbocycles. The molecule has 0 spiro atoms. The van der Waals surface area contributed by atoms with E-state index in [1.165, 1.54) is 13.2 Å². The highest BCUT2D eigenvalue weighted by Crippen LogP contribution is 2.41. The number of aliphatic hydroxyl groups excluding tert-OH is 1. The van der Waals surface area contributed by atoms with Crippen LogP contribution in [0.3, 0.4) is 0 Å². The van der Waals surface area contributed by atoms with Crippen molar-refractivity contribution in [3.05, 3.63) is 29.2 Å². The van der Waals surface area contributed by atoms with Crippen molar-refractivity contribution in [1.82, 2.24) is 0 Å². The highest BCUT2D eigenvalue weighted by molar-refractivity contribution is 6.87. The van der Waals surface area contributed by atoms with E-state index < -0.39 is 37.1 Å². The zero-order valence-electron chi connectivity index (χ0n) is 14.0. The van der Waals surface area contributed by atoms with Gasteiger partial charge in [-0.3, -0.25) is 9.59 Å². The molecule has 1 aromatic heterocycles. The number of ketones is 1. The second-order valence-electron chi connectivity index (χ2n) is 6.92. The van der Waals surface area contributed by atoms with Gasteiger partial charge < -0.3 is 19.4 Å². The molecular weight excluding hydrogens is 316 g/mol. The highest BCUT2D eigenvalue weighted by Gasteiger charge is 2.56. The molecule has 0 unspecified atom stereocenters. The van der Waals surface area contributed by atoms with Gasteiger partial charge in [-0.2, -0.15) is 0 Å². The minimum absolute atomic E-state index is 0.0176. The Morgan fingerprint density at radius 3 is 2.48 bits per heavy atom. The number of rotatable bonds is 3. The van der Waals surface area contributed by atoms with Crippen molar-refractivity contribution in [3.8, 4) is 0 Å². The Kier molecular flexibility index (Phi) is 4.29. The molecule has 0 fully saturated rings. The van der Waals surface area contributed by atoms with E-state index >= 15 is 0 Å². The third-order valence-electron chi connectivity index (χ3n) is 4.19. The number of methoxy groups -OCH3 is 1. The van der Waals surface area contributed by atoms with Crippen LogP contribution in [0.25, 0.3) is 0 Å². The van der Waals surface area contributed by atoms with Crippen molar-refractivity contribution in [1.29, 1.82) is 0 Å². The minimum atomic E-state index is -2.26. The second kappa shape index (κ2) is 5.65. The van der Waals surface area contributed by atoms with E-state index in [1.807, 2.05) is 0 Å². The molecule has 2 atom stereocenters. The normalized spacial score (nSPS) is 25.7. The first-order chi connectivity index (χ1) is 10.5. The largest absolute Gasteiger partial charge is 0.504 e. The van der Waals surface area contributed by atoms with Crippen LogP contribution in [0.4, 0.5) is 0 Å². The molecule has 0 radical (unpaired) electrons. The summed E-state index contributed by atoms with van der Waals surface area (Å²) in [5.41, 5.74) is -1.92. The molecular formula is C16H22O6Si. The van der Waals surface area contributed by atoms with Gasteiger partial charge in [-0.15, -0.1) is 0 Å². The van der Waals surface area contributed by atoms with Gasteiger partial charge in [0.15, 0.2) is 5.76 Å². The quantitative estimate of drug-likeness (QED) is 0.642. The first kappa shape index (κ1) is 17.5. The molecule has 1 aromatic rings. The number of hydrogen-bond acceptors (Lipinski definition) is 6.